The van der Waals surface area contributed by atoms with Crippen LogP contribution in [0.5, 0.6) is 0 Å². The quantitative estimate of drug-likeness (QED) is 0.161. The Balaban J connectivity index is 1.05. The molecule has 5 heteroatoms. The summed E-state index contributed by atoms with van der Waals surface area (Å²) in [5.41, 5.74) is 11.9. The van der Waals surface area contributed by atoms with Crippen LogP contribution >= 0.6 is 0 Å². The molecule has 0 aliphatic rings. The summed E-state index contributed by atoms with van der Waals surface area (Å²) in [7, 11) is 0. The summed E-state index contributed by atoms with van der Waals surface area (Å²) >= 11 is 0. The van der Waals surface area contributed by atoms with Gasteiger partial charge in [-0.05, 0) is 64.2 Å². The van der Waals surface area contributed by atoms with Gasteiger partial charge in [0.2, 0.25) is 0 Å². The molecule has 0 saturated carbocycles. The monoisotopic (exact) mass is 796 g/mol. The van der Waals surface area contributed by atoms with Crippen LogP contribution in [-0.2, 0) is 0 Å². The third kappa shape index (κ3) is 6.14. The minimum atomic E-state index is -0.298. The van der Waals surface area contributed by atoms with Gasteiger partial charge < -0.3 is 8.98 Å². The highest BCUT2D eigenvalue weighted by atomic mass is 16.3. The second-order valence-electron chi connectivity index (χ2n) is 15.3. The SMILES string of the molecule is [2H]c1c([2H])c([2H])c2c(c1[2H])c1cccc(-c3ccc(-c4ccccc4)cc3)c1n2-c1cccc(-c2nc(-c3ccc(-c4ccccc4)cc3)nc(-c3ccc4c(c3)oc3ccccc34)n2)c1. The van der Waals surface area contributed by atoms with E-state index in [4.69, 9.17) is 22.1 Å². The Morgan fingerprint density at radius 3 is 1.61 bits per heavy atom. The van der Waals surface area contributed by atoms with Crippen LogP contribution in [-0.4, -0.2) is 19.5 Å². The maximum absolute atomic E-state index is 9.32. The zero-order chi connectivity index (χ0) is 44.5. The Kier molecular flexibility index (Phi) is 7.47. The van der Waals surface area contributed by atoms with Gasteiger partial charge in [-0.1, -0.05) is 182 Å². The highest BCUT2D eigenvalue weighted by molar-refractivity contribution is 6.14. The van der Waals surface area contributed by atoms with E-state index in [2.05, 4.69) is 66.7 Å². The summed E-state index contributed by atoms with van der Waals surface area (Å²) in [4.78, 5) is 15.3. The molecular formula is C57H36N4O. The molecule has 0 unspecified atom stereocenters. The van der Waals surface area contributed by atoms with Crippen molar-refractivity contribution in [1.82, 2.24) is 19.5 Å². The zero-order valence-corrected chi connectivity index (χ0v) is 33.2. The van der Waals surface area contributed by atoms with Crippen molar-refractivity contribution in [3.05, 3.63) is 218 Å². The van der Waals surface area contributed by atoms with E-state index in [-0.39, 0.29) is 24.2 Å². The van der Waals surface area contributed by atoms with E-state index in [9.17, 15) is 2.74 Å². The Labute approximate surface area is 363 Å². The summed E-state index contributed by atoms with van der Waals surface area (Å²) in [6.07, 6.45) is 0. The van der Waals surface area contributed by atoms with Crippen LogP contribution in [0.25, 0.3) is 117 Å². The van der Waals surface area contributed by atoms with E-state index in [0.29, 0.717) is 39.6 Å². The Bertz CT molecular complexity index is 3850. The van der Waals surface area contributed by atoms with E-state index in [1.807, 2.05) is 132 Å². The van der Waals surface area contributed by atoms with Crippen LogP contribution in [0.4, 0.5) is 0 Å². The number of fused-ring (bicyclic) bond motifs is 6. The van der Waals surface area contributed by atoms with Crippen LogP contribution in [0.2, 0.25) is 0 Å². The zero-order valence-electron chi connectivity index (χ0n) is 37.2. The van der Waals surface area contributed by atoms with Crippen LogP contribution in [0.3, 0.4) is 0 Å². The van der Waals surface area contributed by atoms with Gasteiger partial charge in [0.05, 0.1) is 16.5 Å². The first-order valence-corrected chi connectivity index (χ1v) is 20.5. The third-order valence-electron chi connectivity index (χ3n) is 11.6. The predicted molar refractivity (Wildman–Crippen MR) is 254 cm³/mol. The van der Waals surface area contributed by atoms with Crippen LogP contribution in [0.1, 0.15) is 5.48 Å². The van der Waals surface area contributed by atoms with Crippen LogP contribution in [0, 0.1) is 0 Å². The second-order valence-corrected chi connectivity index (χ2v) is 15.3. The lowest BCUT2D eigenvalue weighted by Gasteiger charge is -2.14. The molecule has 9 aromatic carbocycles. The Hall–Kier alpha value is -8.41. The number of para-hydroxylation sites is 3. The third-order valence-corrected chi connectivity index (χ3v) is 11.6. The summed E-state index contributed by atoms with van der Waals surface area (Å²) in [6, 6.07) is 64.1. The summed E-state index contributed by atoms with van der Waals surface area (Å²) < 4.78 is 44.3. The van der Waals surface area contributed by atoms with Crippen LogP contribution in [0.15, 0.2) is 223 Å². The average molecular weight is 797 g/mol. The van der Waals surface area contributed by atoms with Crippen molar-refractivity contribution < 1.29 is 9.90 Å². The van der Waals surface area contributed by atoms with Crippen molar-refractivity contribution in [3.8, 4) is 73.2 Å². The number of aromatic nitrogens is 4. The van der Waals surface area contributed by atoms with Gasteiger partial charge in [-0.3, -0.25) is 0 Å². The molecule has 0 radical (unpaired) electrons. The van der Waals surface area contributed by atoms with Crippen molar-refractivity contribution in [3.63, 3.8) is 0 Å². The van der Waals surface area contributed by atoms with E-state index < -0.39 is 0 Å². The minimum absolute atomic E-state index is 0.0889. The number of hydrogen-bond donors (Lipinski definition) is 0. The molecule has 5 nitrogen and oxygen atoms in total. The molecule has 3 heterocycles. The molecular weight excluding hydrogens is 757 g/mol. The number of nitrogens with zero attached hydrogens (tertiary/aromatic N) is 4. The maximum atomic E-state index is 9.32. The first-order chi connectivity index (χ1) is 32.4. The van der Waals surface area contributed by atoms with Crippen molar-refractivity contribution in [1.29, 1.82) is 0 Å². The Morgan fingerprint density at radius 1 is 0.371 bits per heavy atom. The maximum Gasteiger partial charge on any atom is 0.164 e. The smallest absolute Gasteiger partial charge is 0.164 e. The van der Waals surface area contributed by atoms with Gasteiger partial charge in [0.25, 0.3) is 0 Å². The van der Waals surface area contributed by atoms with E-state index in [1.54, 1.807) is 0 Å². The van der Waals surface area contributed by atoms with Crippen molar-refractivity contribution in [2.24, 2.45) is 0 Å². The number of rotatable bonds is 7. The second kappa shape index (κ2) is 14.7. The molecule has 0 atom stereocenters. The van der Waals surface area contributed by atoms with E-state index in [1.165, 1.54) is 0 Å². The molecule has 0 aliphatic heterocycles. The fraction of sp³-hybridized carbons (Fsp3) is 0. The molecule has 0 fully saturated rings. The number of benzene rings is 9. The molecule has 290 valence electrons. The molecule has 0 N–H and O–H groups in total. The Morgan fingerprint density at radius 2 is 0.887 bits per heavy atom. The summed E-state index contributed by atoms with van der Waals surface area (Å²) in [5, 5.41) is 3.21. The molecule has 0 saturated heterocycles. The topological polar surface area (TPSA) is 56.7 Å². The van der Waals surface area contributed by atoms with Crippen molar-refractivity contribution in [2.45, 2.75) is 0 Å². The van der Waals surface area contributed by atoms with Crippen molar-refractivity contribution in [2.75, 3.05) is 0 Å². The number of hydrogen-bond acceptors (Lipinski definition) is 4. The highest BCUT2D eigenvalue weighted by Crippen LogP contribution is 2.40. The van der Waals surface area contributed by atoms with Crippen LogP contribution < -0.4 is 0 Å². The van der Waals surface area contributed by atoms with E-state index in [0.717, 1.165) is 77.3 Å². The largest absolute Gasteiger partial charge is 0.456 e. The molecule has 12 aromatic rings. The van der Waals surface area contributed by atoms with Crippen molar-refractivity contribution >= 4 is 43.7 Å². The van der Waals surface area contributed by atoms with Gasteiger partial charge in [-0.15, -0.1) is 0 Å². The van der Waals surface area contributed by atoms with Gasteiger partial charge in [-0.25, -0.2) is 15.0 Å². The lowest BCUT2D eigenvalue weighted by molar-refractivity contribution is 0.669. The first kappa shape index (κ1) is 31.5. The molecule has 12 rings (SSSR count). The molecule has 0 amide bonds. The van der Waals surface area contributed by atoms with E-state index >= 15 is 0 Å². The molecule has 62 heavy (non-hydrogen) atoms. The van der Waals surface area contributed by atoms with Gasteiger partial charge in [0.1, 0.15) is 11.2 Å². The minimum Gasteiger partial charge on any atom is -0.456 e. The normalized spacial score (nSPS) is 12.5. The summed E-state index contributed by atoms with van der Waals surface area (Å²) in [6.45, 7) is 0. The molecule has 3 aromatic heterocycles. The molecule has 0 aliphatic carbocycles. The van der Waals surface area contributed by atoms with Gasteiger partial charge in [0.15, 0.2) is 17.5 Å². The lowest BCUT2D eigenvalue weighted by Crippen LogP contribution is -2.01. The fourth-order valence-electron chi connectivity index (χ4n) is 8.59. The molecule has 0 bridgehead atoms. The average Bonchev–Trinajstić information content (AvgIpc) is 3.94. The van der Waals surface area contributed by atoms with Gasteiger partial charge >= 0.3 is 0 Å². The van der Waals surface area contributed by atoms with Gasteiger partial charge in [0, 0.05) is 49.5 Å². The standard InChI is InChI=1S/C57H36N4O/c1-3-13-37(14-4-1)39-25-29-41(30-26-39)46-21-12-22-50-47-19-7-9-23-51(47)61(54(46)50)45-18-11-17-43(35-45)56-58-55(42-31-27-40(28-32-42)38-15-5-2-6-16-38)59-57(60-56)44-33-34-49-48-20-8-10-24-52(48)62-53(49)36-44/h1-36H/i7D,9D,19D,23D. The van der Waals surface area contributed by atoms with Gasteiger partial charge in [-0.2, -0.15) is 0 Å². The predicted octanol–water partition coefficient (Wildman–Crippen LogP) is 14.9. The first-order valence-electron chi connectivity index (χ1n) is 22.5. The fourth-order valence-corrected chi connectivity index (χ4v) is 8.59. The highest BCUT2D eigenvalue weighted by Gasteiger charge is 2.19. The lowest BCUT2D eigenvalue weighted by atomic mass is 9.98. The molecule has 0 spiro atoms. The number of furan rings is 1. The summed E-state index contributed by atoms with van der Waals surface area (Å²) in [5.74, 6) is 1.41.